The molecule has 26 heavy (non-hydrogen) atoms. The van der Waals surface area contributed by atoms with E-state index < -0.39 is 0 Å². The van der Waals surface area contributed by atoms with Crippen molar-refractivity contribution in [2.45, 2.75) is 25.8 Å². The number of likely N-dealkylation sites (N-methyl/N-ethyl adjacent to an activating group) is 1. The molecule has 2 aromatic carbocycles. The molecule has 1 heterocycles. The van der Waals surface area contributed by atoms with Crippen LogP contribution in [0.5, 0.6) is 11.5 Å². The number of allylic oxidation sites excluding steroid dienone is 1. The highest BCUT2D eigenvalue weighted by Gasteiger charge is 2.33. The van der Waals surface area contributed by atoms with E-state index in [-0.39, 0.29) is 11.3 Å². The molecule has 0 saturated heterocycles. The monoisotopic (exact) mass is 351 g/mol. The van der Waals surface area contributed by atoms with Gasteiger partial charge < -0.3 is 14.4 Å². The van der Waals surface area contributed by atoms with Gasteiger partial charge >= 0.3 is 0 Å². The molecule has 4 nitrogen and oxygen atoms in total. The summed E-state index contributed by atoms with van der Waals surface area (Å²) in [6.07, 6.45) is 2.67. The summed E-state index contributed by atoms with van der Waals surface area (Å²) in [4.78, 5) is 15.1. The molecule has 0 fully saturated rings. The molecule has 0 aliphatic carbocycles. The van der Waals surface area contributed by atoms with Crippen LogP contribution in [0.25, 0.3) is 5.70 Å². The second-order valence-corrected chi connectivity index (χ2v) is 7.17. The highest BCUT2D eigenvalue weighted by atomic mass is 16.5. The van der Waals surface area contributed by atoms with Gasteiger partial charge in [-0.3, -0.25) is 4.79 Å². The molecule has 0 atom stereocenters. The van der Waals surface area contributed by atoms with Crippen LogP contribution in [-0.2, 0) is 6.42 Å². The van der Waals surface area contributed by atoms with Crippen LogP contribution in [0.15, 0.2) is 48.5 Å². The molecule has 0 unspecified atom stereocenters. The van der Waals surface area contributed by atoms with Crippen molar-refractivity contribution in [3.8, 4) is 11.5 Å². The van der Waals surface area contributed by atoms with Crippen molar-refractivity contribution in [1.29, 1.82) is 0 Å². The van der Waals surface area contributed by atoms with Crippen LogP contribution in [-0.4, -0.2) is 37.5 Å². The van der Waals surface area contributed by atoms with Gasteiger partial charge in [0.1, 0.15) is 0 Å². The predicted molar refractivity (Wildman–Crippen MR) is 104 cm³/mol. The van der Waals surface area contributed by atoms with Crippen LogP contribution in [0, 0.1) is 0 Å². The van der Waals surface area contributed by atoms with E-state index in [0.29, 0.717) is 17.1 Å². The lowest BCUT2D eigenvalue weighted by molar-refractivity contribution is 0.104. The van der Waals surface area contributed by atoms with Crippen molar-refractivity contribution in [2.75, 3.05) is 21.3 Å². The number of methoxy groups -OCH3 is 2. The topological polar surface area (TPSA) is 38.8 Å². The first kappa shape index (κ1) is 18.1. The van der Waals surface area contributed by atoms with Gasteiger partial charge in [-0.05, 0) is 44.0 Å². The molecule has 136 valence electrons. The zero-order chi connectivity index (χ0) is 18.9. The summed E-state index contributed by atoms with van der Waals surface area (Å²) in [5.74, 6) is 1.10. The molecule has 0 saturated carbocycles. The summed E-state index contributed by atoms with van der Waals surface area (Å²) < 4.78 is 10.6. The van der Waals surface area contributed by atoms with E-state index in [0.717, 1.165) is 17.7 Å². The first-order valence-electron chi connectivity index (χ1n) is 8.67. The summed E-state index contributed by atoms with van der Waals surface area (Å²) >= 11 is 0. The molecule has 0 bridgehead atoms. The van der Waals surface area contributed by atoms with E-state index >= 15 is 0 Å². The zero-order valence-electron chi connectivity index (χ0n) is 16.0. The Morgan fingerprint density at radius 3 is 2.46 bits per heavy atom. The first-order valence-corrected chi connectivity index (χ1v) is 8.67. The highest BCUT2D eigenvalue weighted by Crippen LogP contribution is 2.37. The molecular weight excluding hydrogens is 326 g/mol. The molecule has 1 aliphatic heterocycles. The smallest absolute Gasteiger partial charge is 0.188 e. The van der Waals surface area contributed by atoms with Gasteiger partial charge in [0.25, 0.3) is 0 Å². The van der Waals surface area contributed by atoms with Crippen LogP contribution in [0.3, 0.4) is 0 Å². The first-order chi connectivity index (χ1) is 12.4. The van der Waals surface area contributed by atoms with E-state index in [2.05, 4.69) is 30.9 Å². The van der Waals surface area contributed by atoms with Crippen LogP contribution in [0.4, 0.5) is 0 Å². The summed E-state index contributed by atoms with van der Waals surface area (Å²) in [5, 5.41) is 0. The van der Waals surface area contributed by atoms with Crippen LogP contribution in [0.1, 0.15) is 35.3 Å². The highest BCUT2D eigenvalue weighted by molar-refractivity contribution is 6.09. The molecule has 3 rings (SSSR count). The standard InChI is InChI=1S/C22H25NO3/c1-22(2)14-16-8-6-7-9-17(16)18(23(22)3)13-19(24)15-10-11-20(25-4)21(12-15)26-5/h6-13H,14H2,1-5H3/b18-13+. The Kier molecular flexibility index (Phi) is 4.77. The van der Waals surface area contributed by atoms with Crippen molar-refractivity contribution < 1.29 is 14.3 Å². The molecular formula is C22H25NO3. The SMILES string of the molecule is COc1ccc(C(=O)/C=C2\c3ccccc3CC(C)(C)N2C)cc1OC. The number of nitrogens with zero attached hydrogens (tertiary/aromatic N) is 1. The van der Waals surface area contributed by atoms with Gasteiger partial charge in [-0.2, -0.15) is 0 Å². The Balaban J connectivity index is 2.04. The number of carbonyl (C=O) groups is 1. The Labute approximate surface area is 155 Å². The van der Waals surface area contributed by atoms with Crippen molar-refractivity contribution in [1.82, 2.24) is 4.90 Å². The normalized spacial score (nSPS) is 17.0. The number of ketones is 1. The molecule has 0 spiro atoms. The maximum atomic E-state index is 12.9. The lowest BCUT2D eigenvalue weighted by Crippen LogP contribution is -2.45. The van der Waals surface area contributed by atoms with E-state index in [1.807, 2.05) is 19.2 Å². The average Bonchev–Trinajstić information content (AvgIpc) is 2.64. The average molecular weight is 351 g/mol. The van der Waals surface area contributed by atoms with Crippen LogP contribution >= 0.6 is 0 Å². The zero-order valence-corrected chi connectivity index (χ0v) is 16.0. The van der Waals surface area contributed by atoms with E-state index in [4.69, 9.17) is 9.47 Å². The van der Waals surface area contributed by atoms with Crippen molar-refractivity contribution in [3.05, 3.63) is 65.2 Å². The lowest BCUT2D eigenvalue weighted by Gasteiger charge is -2.44. The minimum atomic E-state index is -0.0575. The van der Waals surface area contributed by atoms with Crippen molar-refractivity contribution >= 4 is 11.5 Å². The maximum Gasteiger partial charge on any atom is 0.188 e. The number of benzene rings is 2. The molecule has 0 amide bonds. The van der Waals surface area contributed by atoms with Crippen LogP contribution < -0.4 is 9.47 Å². The second kappa shape index (κ2) is 6.87. The molecule has 0 radical (unpaired) electrons. The summed E-state index contributed by atoms with van der Waals surface area (Å²) in [7, 11) is 5.19. The summed E-state index contributed by atoms with van der Waals surface area (Å²) in [6.45, 7) is 4.38. The summed E-state index contributed by atoms with van der Waals surface area (Å²) in [5.41, 5.74) is 3.84. The van der Waals surface area contributed by atoms with E-state index in [1.165, 1.54) is 5.56 Å². The predicted octanol–water partition coefficient (Wildman–Crippen LogP) is 4.19. The number of carbonyl (C=O) groups excluding carboxylic acids is 1. The third-order valence-corrected chi connectivity index (χ3v) is 5.12. The third kappa shape index (κ3) is 3.19. The molecule has 0 aromatic heterocycles. The summed E-state index contributed by atoms with van der Waals surface area (Å²) in [6, 6.07) is 13.5. The fraction of sp³-hybridized carbons (Fsp3) is 0.318. The maximum absolute atomic E-state index is 12.9. The van der Waals surface area contributed by atoms with Gasteiger partial charge in [-0.1, -0.05) is 24.3 Å². The molecule has 0 N–H and O–H groups in total. The number of rotatable bonds is 4. The van der Waals surface area contributed by atoms with Crippen LogP contribution in [0.2, 0.25) is 0 Å². The van der Waals surface area contributed by atoms with Gasteiger partial charge in [0.15, 0.2) is 17.3 Å². The van der Waals surface area contributed by atoms with Gasteiger partial charge in [0.05, 0.1) is 14.2 Å². The van der Waals surface area contributed by atoms with Crippen molar-refractivity contribution in [2.24, 2.45) is 0 Å². The fourth-order valence-corrected chi connectivity index (χ4v) is 3.39. The Morgan fingerprint density at radius 2 is 1.77 bits per heavy atom. The molecule has 1 aliphatic rings. The number of hydrogen-bond acceptors (Lipinski definition) is 4. The van der Waals surface area contributed by atoms with Crippen molar-refractivity contribution in [3.63, 3.8) is 0 Å². The third-order valence-electron chi connectivity index (χ3n) is 5.12. The van der Waals surface area contributed by atoms with Gasteiger partial charge in [-0.25, -0.2) is 0 Å². The van der Waals surface area contributed by atoms with Gasteiger partial charge in [-0.15, -0.1) is 0 Å². The number of hydrogen-bond donors (Lipinski definition) is 0. The second-order valence-electron chi connectivity index (χ2n) is 7.17. The number of fused-ring (bicyclic) bond motifs is 1. The van der Waals surface area contributed by atoms with Gasteiger partial charge in [0.2, 0.25) is 0 Å². The van der Waals surface area contributed by atoms with E-state index in [9.17, 15) is 4.79 Å². The molecule has 2 aromatic rings. The number of ether oxygens (including phenoxy) is 2. The Morgan fingerprint density at radius 1 is 1.08 bits per heavy atom. The molecule has 4 heteroatoms. The lowest BCUT2D eigenvalue weighted by atomic mass is 9.84. The minimum absolute atomic E-state index is 0.0553. The minimum Gasteiger partial charge on any atom is -0.493 e. The Bertz CT molecular complexity index is 867. The fourth-order valence-electron chi connectivity index (χ4n) is 3.39. The van der Waals surface area contributed by atoms with Gasteiger partial charge in [0, 0.05) is 35.5 Å². The largest absolute Gasteiger partial charge is 0.493 e. The Hall–Kier alpha value is -2.75. The quantitative estimate of drug-likeness (QED) is 0.611. The van der Waals surface area contributed by atoms with E-state index in [1.54, 1.807) is 38.5 Å².